The standard InChI is InChI=1S/C27H34N2O3/c1-21(30)29-18-16-27(17-19-29,23-8-4-2-5-9-23)26(31)28-20-22-12-14-25(15-13-22)32-24-10-6-3-7-11-24/h2,4-5,8-9,12-15,24H,3,6-7,10-11,16-20H2,1H3,(H,28,31). The smallest absolute Gasteiger partial charge is 0.231 e. The van der Waals surface area contributed by atoms with Crippen LogP contribution in [0.4, 0.5) is 0 Å². The van der Waals surface area contributed by atoms with Crippen LogP contribution >= 0.6 is 0 Å². The first kappa shape index (κ1) is 22.4. The van der Waals surface area contributed by atoms with E-state index in [0.29, 0.717) is 38.6 Å². The highest BCUT2D eigenvalue weighted by molar-refractivity contribution is 5.88. The third-order valence-electron chi connectivity index (χ3n) is 7.05. The number of amides is 2. The van der Waals surface area contributed by atoms with Crippen molar-refractivity contribution < 1.29 is 14.3 Å². The van der Waals surface area contributed by atoms with Gasteiger partial charge in [0.2, 0.25) is 11.8 Å². The first-order valence-electron chi connectivity index (χ1n) is 11.9. The maximum absolute atomic E-state index is 13.5. The molecule has 1 aliphatic heterocycles. The highest BCUT2D eigenvalue weighted by Gasteiger charge is 2.43. The number of hydrogen-bond acceptors (Lipinski definition) is 3. The lowest BCUT2D eigenvalue weighted by Gasteiger charge is -2.40. The fourth-order valence-corrected chi connectivity index (χ4v) is 5.02. The Bertz CT molecular complexity index is 896. The van der Waals surface area contributed by atoms with Gasteiger partial charge in [0.1, 0.15) is 5.75 Å². The summed E-state index contributed by atoms with van der Waals surface area (Å²) in [5.41, 5.74) is 1.48. The molecule has 0 aromatic heterocycles. The number of ether oxygens (including phenoxy) is 1. The molecule has 2 aromatic carbocycles. The van der Waals surface area contributed by atoms with Crippen LogP contribution in [0.3, 0.4) is 0 Å². The average molecular weight is 435 g/mol. The number of likely N-dealkylation sites (tertiary alicyclic amines) is 1. The highest BCUT2D eigenvalue weighted by atomic mass is 16.5. The molecule has 32 heavy (non-hydrogen) atoms. The average Bonchev–Trinajstić information content (AvgIpc) is 2.84. The van der Waals surface area contributed by atoms with E-state index in [1.807, 2.05) is 59.5 Å². The summed E-state index contributed by atoms with van der Waals surface area (Å²) in [4.78, 5) is 27.1. The van der Waals surface area contributed by atoms with Crippen molar-refractivity contribution in [1.82, 2.24) is 10.2 Å². The molecule has 1 saturated heterocycles. The lowest BCUT2D eigenvalue weighted by atomic mass is 9.72. The zero-order valence-electron chi connectivity index (χ0n) is 19.0. The Morgan fingerprint density at radius 3 is 2.25 bits per heavy atom. The molecule has 2 fully saturated rings. The topological polar surface area (TPSA) is 58.6 Å². The SMILES string of the molecule is CC(=O)N1CCC(C(=O)NCc2ccc(OC3CCCCC3)cc2)(c2ccccc2)CC1. The van der Waals surface area contributed by atoms with Crippen LogP contribution in [0.15, 0.2) is 54.6 Å². The summed E-state index contributed by atoms with van der Waals surface area (Å²) in [6, 6.07) is 18.1. The van der Waals surface area contributed by atoms with E-state index in [-0.39, 0.29) is 11.8 Å². The van der Waals surface area contributed by atoms with Gasteiger partial charge in [0.05, 0.1) is 11.5 Å². The molecule has 1 N–H and O–H groups in total. The minimum atomic E-state index is -0.600. The molecule has 1 heterocycles. The van der Waals surface area contributed by atoms with Gasteiger partial charge in [-0.15, -0.1) is 0 Å². The van der Waals surface area contributed by atoms with Gasteiger partial charge in [-0.2, -0.15) is 0 Å². The Morgan fingerprint density at radius 1 is 0.969 bits per heavy atom. The zero-order chi connectivity index (χ0) is 22.4. The molecule has 2 aliphatic rings. The van der Waals surface area contributed by atoms with Gasteiger partial charge in [0.25, 0.3) is 0 Å². The number of rotatable bonds is 6. The van der Waals surface area contributed by atoms with Crippen LogP contribution in [0.5, 0.6) is 5.75 Å². The van der Waals surface area contributed by atoms with Crippen LogP contribution < -0.4 is 10.1 Å². The molecule has 4 rings (SSSR count). The normalized spacial score (nSPS) is 18.7. The fraction of sp³-hybridized carbons (Fsp3) is 0.481. The number of benzene rings is 2. The summed E-state index contributed by atoms with van der Waals surface area (Å²) in [6.45, 7) is 3.28. The van der Waals surface area contributed by atoms with Crippen molar-refractivity contribution in [3.05, 3.63) is 65.7 Å². The van der Waals surface area contributed by atoms with E-state index in [4.69, 9.17) is 4.74 Å². The molecule has 1 aliphatic carbocycles. The van der Waals surface area contributed by atoms with Crippen molar-refractivity contribution in [1.29, 1.82) is 0 Å². The molecule has 0 radical (unpaired) electrons. The minimum Gasteiger partial charge on any atom is -0.490 e. The molecular formula is C27H34N2O3. The van der Waals surface area contributed by atoms with Gasteiger partial charge < -0.3 is 15.0 Å². The summed E-state index contributed by atoms with van der Waals surface area (Å²) in [5.74, 6) is 1.02. The number of carbonyl (C=O) groups is 2. The minimum absolute atomic E-state index is 0.0365. The van der Waals surface area contributed by atoms with Crippen LogP contribution in [-0.4, -0.2) is 35.9 Å². The lowest BCUT2D eigenvalue weighted by molar-refractivity contribution is -0.135. The quantitative estimate of drug-likeness (QED) is 0.723. The predicted molar refractivity (Wildman–Crippen MR) is 125 cm³/mol. The number of hydrogen-bond donors (Lipinski definition) is 1. The summed E-state index contributed by atoms with van der Waals surface area (Å²) >= 11 is 0. The zero-order valence-corrected chi connectivity index (χ0v) is 19.0. The lowest BCUT2D eigenvalue weighted by Crippen LogP contribution is -2.52. The van der Waals surface area contributed by atoms with Gasteiger partial charge in [-0.3, -0.25) is 9.59 Å². The molecule has 0 bridgehead atoms. The number of carbonyl (C=O) groups excluding carboxylic acids is 2. The summed E-state index contributed by atoms with van der Waals surface area (Å²) < 4.78 is 6.11. The number of nitrogens with zero attached hydrogens (tertiary/aromatic N) is 1. The van der Waals surface area contributed by atoms with E-state index >= 15 is 0 Å². The summed E-state index contributed by atoms with van der Waals surface area (Å²) in [7, 11) is 0. The van der Waals surface area contributed by atoms with Crippen LogP contribution in [0.1, 0.15) is 63.0 Å². The molecule has 0 spiro atoms. The Hall–Kier alpha value is -2.82. The summed E-state index contributed by atoms with van der Waals surface area (Å²) in [6.07, 6.45) is 7.70. The first-order valence-corrected chi connectivity index (χ1v) is 11.9. The van der Waals surface area contributed by atoms with Crippen LogP contribution in [-0.2, 0) is 21.5 Å². The third-order valence-corrected chi connectivity index (χ3v) is 7.05. The molecule has 2 aromatic rings. The van der Waals surface area contributed by atoms with E-state index in [2.05, 4.69) is 5.32 Å². The Balaban J connectivity index is 1.40. The van der Waals surface area contributed by atoms with E-state index < -0.39 is 5.41 Å². The van der Waals surface area contributed by atoms with E-state index in [1.54, 1.807) is 6.92 Å². The van der Waals surface area contributed by atoms with Crippen molar-refractivity contribution in [2.45, 2.75) is 69.9 Å². The Labute approximate surface area is 191 Å². The maximum atomic E-state index is 13.5. The van der Waals surface area contributed by atoms with E-state index in [9.17, 15) is 9.59 Å². The molecular weight excluding hydrogens is 400 g/mol. The monoisotopic (exact) mass is 434 g/mol. The second kappa shape index (κ2) is 10.2. The Morgan fingerprint density at radius 2 is 1.62 bits per heavy atom. The fourth-order valence-electron chi connectivity index (χ4n) is 5.02. The largest absolute Gasteiger partial charge is 0.490 e. The molecule has 5 heteroatoms. The molecule has 0 unspecified atom stereocenters. The van der Waals surface area contributed by atoms with Crippen molar-refractivity contribution in [3.8, 4) is 5.75 Å². The Kier molecular flexibility index (Phi) is 7.13. The van der Waals surface area contributed by atoms with Crippen LogP contribution in [0.25, 0.3) is 0 Å². The van der Waals surface area contributed by atoms with Crippen molar-refractivity contribution >= 4 is 11.8 Å². The van der Waals surface area contributed by atoms with Crippen molar-refractivity contribution in [2.75, 3.05) is 13.1 Å². The van der Waals surface area contributed by atoms with Gasteiger partial charge in [0.15, 0.2) is 0 Å². The van der Waals surface area contributed by atoms with Gasteiger partial charge in [-0.25, -0.2) is 0 Å². The first-order chi connectivity index (χ1) is 15.6. The van der Waals surface area contributed by atoms with E-state index in [0.717, 1.165) is 29.7 Å². The molecule has 2 amide bonds. The molecule has 5 nitrogen and oxygen atoms in total. The second-order valence-corrected chi connectivity index (χ2v) is 9.16. The molecule has 170 valence electrons. The van der Waals surface area contributed by atoms with Gasteiger partial charge in [-0.05, 0) is 61.8 Å². The molecule has 1 saturated carbocycles. The number of piperidine rings is 1. The second-order valence-electron chi connectivity index (χ2n) is 9.16. The third kappa shape index (κ3) is 5.14. The predicted octanol–water partition coefficient (Wildman–Crippen LogP) is 4.59. The molecule has 0 atom stereocenters. The van der Waals surface area contributed by atoms with Gasteiger partial charge in [-0.1, -0.05) is 48.9 Å². The highest BCUT2D eigenvalue weighted by Crippen LogP contribution is 2.36. The summed E-state index contributed by atoms with van der Waals surface area (Å²) in [5, 5.41) is 3.17. The maximum Gasteiger partial charge on any atom is 0.231 e. The van der Waals surface area contributed by atoms with Crippen LogP contribution in [0.2, 0.25) is 0 Å². The van der Waals surface area contributed by atoms with Crippen LogP contribution in [0, 0.1) is 0 Å². The van der Waals surface area contributed by atoms with Gasteiger partial charge in [0, 0.05) is 26.6 Å². The van der Waals surface area contributed by atoms with Crippen molar-refractivity contribution in [2.24, 2.45) is 0 Å². The van der Waals surface area contributed by atoms with Gasteiger partial charge >= 0.3 is 0 Å². The van der Waals surface area contributed by atoms with Crippen molar-refractivity contribution in [3.63, 3.8) is 0 Å². The number of nitrogens with one attached hydrogen (secondary N) is 1. The van der Waals surface area contributed by atoms with E-state index in [1.165, 1.54) is 19.3 Å².